The van der Waals surface area contributed by atoms with Gasteiger partial charge in [-0.15, -0.1) is 0 Å². The fourth-order valence-electron chi connectivity index (χ4n) is 13.2. The topological polar surface area (TPSA) is 247 Å². The summed E-state index contributed by atoms with van der Waals surface area (Å²) >= 11 is 0. The van der Waals surface area contributed by atoms with Gasteiger partial charge in [-0.3, -0.25) is 28.9 Å². The third-order valence-corrected chi connectivity index (χ3v) is 17.8. The lowest BCUT2D eigenvalue weighted by molar-refractivity contribution is -0.121. The third-order valence-electron chi connectivity index (χ3n) is 17.8. The molecule has 0 radical (unpaired) electrons. The van der Waals surface area contributed by atoms with Crippen LogP contribution < -0.4 is 31.3 Å². The van der Waals surface area contributed by atoms with Crippen molar-refractivity contribution in [1.82, 2.24) is 79.2 Å². The van der Waals surface area contributed by atoms with Gasteiger partial charge in [0.2, 0.25) is 5.91 Å². The number of rotatable bonds is 14. The summed E-state index contributed by atoms with van der Waals surface area (Å²) in [7, 11) is 3.58. The first-order chi connectivity index (χ1) is 45.5. The Kier molecular flexibility index (Phi) is 18.2. The van der Waals surface area contributed by atoms with Gasteiger partial charge in [0.05, 0.1) is 73.5 Å². The number of hydrogen-bond donors (Lipinski definition) is 5. The van der Waals surface area contributed by atoms with E-state index >= 15 is 0 Å². The summed E-state index contributed by atoms with van der Waals surface area (Å²) in [4.78, 5) is 86.4. The molecule has 1 fully saturated rings. The van der Waals surface area contributed by atoms with Crippen LogP contribution in [-0.4, -0.2) is 135 Å². The van der Waals surface area contributed by atoms with E-state index < -0.39 is 0 Å². The van der Waals surface area contributed by atoms with Crippen molar-refractivity contribution in [3.8, 4) is 17.4 Å². The number of aryl methyl sites for hydroxylation is 5. The lowest BCUT2D eigenvalue weighted by Crippen LogP contribution is -2.26. The maximum atomic E-state index is 12.3. The zero-order valence-electron chi connectivity index (χ0n) is 52.7. The molecule has 93 heavy (non-hydrogen) atoms. The van der Waals surface area contributed by atoms with Gasteiger partial charge in [0.25, 0.3) is 23.6 Å². The second-order valence-electron chi connectivity index (χ2n) is 23.8. The molecule has 5 aliphatic heterocycles. The quantitative estimate of drug-likeness (QED) is 0.0701. The number of nitrogens with zero attached hydrogens (tertiary/aromatic N) is 11. The molecule has 0 unspecified atom stereocenters. The Hall–Kier alpha value is -10.5. The maximum Gasteiger partial charge on any atom is 0.253 e. The summed E-state index contributed by atoms with van der Waals surface area (Å²) in [6.07, 6.45) is 10.7. The summed E-state index contributed by atoms with van der Waals surface area (Å²) in [6, 6.07) is 39.6. The Morgan fingerprint density at radius 1 is 0.505 bits per heavy atom. The number of nitrogens with one attached hydrogen (secondary N) is 5. The van der Waals surface area contributed by atoms with Crippen LogP contribution >= 0.6 is 0 Å². The number of amides is 5. The molecule has 0 spiro atoms. The van der Waals surface area contributed by atoms with Gasteiger partial charge in [-0.1, -0.05) is 67.6 Å². The van der Waals surface area contributed by atoms with Crippen LogP contribution in [0.4, 0.5) is 0 Å². The fourth-order valence-corrected chi connectivity index (χ4v) is 13.2. The molecule has 22 heteroatoms. The zero-order chi connectivity index (χ0) is 64.0. The number of imidazole rings is 5. The number of carbonyl (C=O) groups excluding carboxylic acids is 5. The van der Waals surface area contributed by atoms with Crippen molar-refractivity contribution in [3.63, 3.8) is 0 Å². The standard InChI is InChI=1S/C23H26N4O.C22H24N4O3.C14H13N5O.C12H13N3O/c28-23-19-4-3-5-20-22(19)27(15-12-24-23)21(25-20)11-10-17-6-8-18(9-7-17)16-26-13-1-2-14-26;1-29-16-5-2-4-15(14-16)10-11-23-20(27)9-8-19-25-18-7-3-6-17-21(18)26(19)13-12-24-22(17)28;1-18-7-5-15-12(18)13-17-10-4-2-3-9-11(10)19(13)8-6-16-14(9)20;1-2-10-14-9-5-3-4-8-11(9)15(10)7-6-13-12(8)16/h3-9H,1-2,10-16H2,(H,24,28);2-7,14H,8-13H2,1H3,(H,23,27)(H,24,28);2-5,7H,6,8H2,1H3,(H,16,20);3-5H,2,6-7H2,1H3,(H,13,16). The monoisotopic (exact) mass is 1250 g/mol. The van der Waals surface area contributed by atoms with Crippen LogP contribution in [-0.2, 0) is 76.7 Å². The van der Waals surface area contributed by atoms with Gasteiger partial charge in [0.15, 0.2) is 11.6 Å². The molecular weight excluding hydrogens is 1170 g/mol. The van der Waals surface area contributed by atoms with Crippen LogP contribution in [0.15, 0.2) is 134 Å². The van der Waals surface area contributed by atoms with E-state index in [0.717, 1.165) is 141 Å². The molecule has 0 atom stereocenters. The maximum absolute atomic E-state index is 12.3. The van der Waals surface area contributed by atoms with Crippen molar-refractivity contribution in [2.24, 2.45) is 7.05 Å². The van der Waals surface area contributed by atoms with Crippen LogP contribution in [0.2, 0.25) is 0 Å². The second kappa shape index (κ2) is 27.5. The molecule has 476 valence electrons. The van der Waals surface area contributed by atoms with Crippen molar-refractivity contribution < 1.29 is 28.7 Å². The lowest BCUT2D eigenvalue weighted by Gasteiger charge is -2.14. The van der Waals surface area contributed by atoms with Gasteiger partial charge in [-0.2, -0.15) is 0 Å². The minimum atomic E-state index is -0.0731. The molecule has 5 aromatic heterocycles. The summed E-state index contributed by atoms with van der Waals surface area (Å²) < 4.78 is 15.7. The van der Waals surface area contributed by atoms with Crippen LogP contribution in [0.1, 0.15) is 102 Å². The number of carbonyl (C=O) groups is 5. The number of benzene rings is 6. The Morgan fingerprint density at radius 2 is 0.978 bits per heavy atom. The van der Waals surface area contributed by atoms with Crippen molar-refractivity contribution in [2.75, 3.05) is 52.9 Å². The van der Waals surface area contributed by atoms with Crippen LogP contribution in [0.25, 0.3) is 55.8 Å². The summed E-state index contributed by atoms with van der Waals surface area (Å²) in [5.41, 5.74) is 13.8. The first-order valence-corrected chi connectivity index (χ1v) is 32.2. The first kappa shape index (κ1) is 61.4. The summed E-state index contributed by atoms with van der Waals surface area (Å²) in [5, 5.41) is 14.7. The normalized spacial score (nSPS) is 14.9. The van der Waals surface area contributed by atoms with Gasteiger partial charge in [0.1, 0.15) is 23.2 Å². The Balaban J connectivity index is 0.000000116. The highest BCUT2D eigenvalue weighted by atomic mass is 16.5. The molecule has 22 nitrogen and oxygen atoms in total. The smallest absolute Gasteiger partial charge is 0.253 e. The lowest BCUT2D eigenvalue weighted by atomic mass is 10.1. The van der Waals surface area contributed by atoms with Crippen molar-refractivity contribution in [1.29, 1.82) is 0 Å². The van der Waals surface area contributed by atoms with E-state index in [1.165, 1.54) is 37.1 Å². The minimum absolute atomic E-state index is 0.00389. The Bertz CT molecular complexity index is 4600. The molecule has 11 aromatic rings. The highest BCUT2D eigenvalue weighted by Crippen LogP contribution is 2.29. The Labute approximate surface area is 537 Å². The largest absolute Gasteiger partial charge is 0.497 e. The van der Waals surface area contributed by atoms with E-state index in [1.807, 2.05) is 115 Å². The number of aromatic nitrogens is 10. The molecule has 5 N–H and O–H groups in total. The highest BCUT2D eigenvalue weighted by molar-refractivity contribution is 6.08. The van der Waals surface area contributed by atoms with E-state index in [4.69, 9.17) is 9.72 Å². The molecule has 0 aliphatic carbocycles. The number of hydrogen-bond acceptors (Lipinski definition) is 12. The molecule has 1 saturated heterocycles. The molecule has 6 aromatic carbocycles. The van der Waals surface area contributed by atoms with E-state index in [1.54, 1.807) is 13.3 Å². The number of ether oxygens (including phenoxy) is 1. The second-order valence-corrected chi connectivity index (χ2v) is 23.8. The molecule has 5 aliphatic rings. The molecular formula is C71H76N16O6. The zero-order valence-corrected chi connectivity index (χ0v) is 52.7. The third kappa shape index (κ3) is 13.1. The minimum Gasteiger partial charge on any atom is -0.497 e. The SMILES string of the molecule is CCc1nc2cccc3c2n1CCNC3=O.COc1cccc(CCNC(=O)CCc2nc3cccc4c3n2CCNC4=O)c1.Cn1ccnc1-c1nc2cccc3c2n1CCNC3=O.O=C1NCCn2c(CCc3ccc(CN4CCCC4)cc3)nc3cccc1c32. The predicted molar refractivity (Wildman–Crippen MR) is 356 cm³/mol. The number of likely N-dealkylation sites (tertiary alicyclic amines) is 1. The Morgan fingerprint density at radius 3 is 1.49 bits per heavy atom. The van der Waals surface area contributed by atoms with Crippen molar-refractivity contribution >= 4 is 73.7 Å². The van der Waals surface area contributed by atoms with Gasteiger partial charge >= 0.3 is 0 Å². The first-order valence-electron chi connectivity index (χ1n) is 32.2. The average molecular weight is 1250 g/mol. The van der Waals surface area contributed by atoms with Gasteiger partial charge < -0.3 is 54.2 Å². The van der Waals surface area contributed by atoms with Crippen molar-refractivity contribution in [3.05, 3.63) is 190 Å². The molecule has 0 bridgehead atoms. The highest BCUT2D eigenvalue weighted by Gasteiger charge is 2.26. The van der Waals surface area contributed by atoms with E-state index in [-0.39, 0.29) is 29.5 Å². The summed E-state index contributed by atoms with van der Waals surface area (Å²) in [6.45, 7) is 11.6. The molecule has 5 amide bonds. The number of para-hydroxylation sites is 4. The van der Waals surface area contributed by atoms with Gasteiger partial charge in [0, 0.05) is 111 Å². The van der Waals surface area contributed by atoms with E-state index in [9.17, 15) is 24.0 Å². The molecule has 10 heterocycles. The summed E-state index contributed by atoms with van der Waals surface area (Å²) in [5.74, 6) is 5.28. The van der Waals surface area contributed by atoms with E-state index in [2.05, 4.69) is 101 Å². The fraction of sp³-hybridized carbons (Fsp3) is 0.324. The van der Waals surface area contributed by atoms with Crippen LogP contribution in [0.5, 0.6) is 5.75 Å². The average Bonchev–Trinajstić information content (AvgIpc) is 1.66. The van der Waals surface area contributed by atoms with E-state index in [0.29, 0.717) is 69.8 Å². The molecule has 16 rings (SSSR count). The van der Waals surface area contributed by atoms with Crippen LogP contribution in [0, 0.1) is 0 Å². The number of methoxy groups -OCH3 is 1. The van der Waals surface area contributed by atoms with Gasteiger partial charge in [-0.25, -0.2) is 24.9 Å². The van der Waals surface area contributed by atoms with Crippen LogP contribution in [0.3, 0.4) is 0 Å². The van der Waals surface area contributed by atoms with Crippen molar-refractivity contribution in [2.45, 2.75) is 91.0 Å². The molecule has 0 saturated carbocycles. The van der Waals surface area contributed by atoms with Gasteiger partial charge in [-0.05, 0) is 116 Å². The predicted octanol–water partition coefficient (Wildman–Crippen LogP) is 7.76.